The van der Waals surface area contributed by atoms with Crippen LogP contribution in [0.3, 0.4) is 0 Å². The molecule has 0 unspecified atom stereocenters. The predicted octanol–water partition coefficient (Wildman–Crippen LogP) is 1.41. The Morgan fingerprint density at radius 1 is 1.48 bits per heavy atom. The van der Waals surface area contributed by atoms with Gasteiger partial charge in [0.2, 0.25) is 0 Å². The number of H-pyrrole nitrogens is 1. The molecule has 2 aromatic rings. The van der Waals surface area contributed by atoms with Crippen molar-refractivity contribution in [1.29, 1.82) is 0 Å². The SMILES string of the molecule is O=C(NCC1CC1)N1CC(C2=CB(O)Oc3cnc4[nH]ccc4c32)C1. The number of rotatable bonds is 3. The van der Waals surface area contributed by atoms with Gasteiger partial charge in [0.05, 0.1) is 6.20 Å². The first kappa shape index (κ1) is 14.8. The van der Waals surface area contributed by atoms with Crippen LogP contribution in [-0.2, 0) is 0 Å². The first-order chi connectivity index (χ1) is 12.2. The lowest BCUT2D eigenvalue weighted by Gasteiger charge is -2.41. The number of hydrogen-bond acceptors (Lipinski definition) is 4. The minimum atomic E-state index is -0.974. The minimum absolute atomic E-state index is 0.0121. The van der Waals surface area contributed by atoms with Crippen molar-refractivity contribution in [1.82, 2.24) is 20.2 Å². The molecule has 128 valence electrons. The van der Waals surface area contributed by atoms with Crippen molar-refractivity contribution < 1.29 is 14.5 Å². The quantitative estimate of drug-likeness (QED) is 0.738. The summed E-state index contributed by atoms with van der Waals surface area (Å²) in [4.78, 5) is 21.4. The zero-order valence-corrected chi connectivity index (χ0v) is 13.7. The molecule has 8 heteroatoms. The van der Waals surface area contributed by atoms with Crippen LogP contribution in [0.15, 0.2) is 24.4 Å². The Balaban J connectivity index is 1.36. The van der Waals surface area contributed by atoms with Crippen LogP contribution in [-0.4, -0.2) is 52.7 Å². The van der Waals surface area contributed by atoms with Crippen LogP contribution in [0, 0.1) is 11.8 Å². The second kappa shape index (κ2) is 5.52. The molecule has 0 aromatic carbocycles. The minimum Gasteiger partial charge on any atom is -0.531 e. The first-order valence-corrected chi connectivity index (χ1v) is 8.74. The third-order valence-corrected chi connectivity index (χ3v) is 5.26. The number of pyridine rings is 1. The highest BCUT2D eigenvalue weighted by Gasteiger charge is 2.38. The van der Waals surface area contributed by atoms with E-state index in [1.54, 1.807) is 12.2 Å². The molecule has 0 radical (unpaired) electrons. The molecule has 7 nitrogen and oxygen atoms in total. The number of fused-ring (bicyclic) bond motifs is 3. The van der Waals surface area contributed by atoms with Crippen molar-refractivity contribution in [2.24, 2.45) is 11.8 Å². The molecule has 1 saturated carbocycles. The average molecular weight is 338 g/mol. The molecule has 1 saturated heterocycles. The van der Waals surface area contributed by atoms with Crippen molar-refractivity contribution in [2.45, 2.75) is 12.8 Å². The summed E-state index contributed by atoms with van der Waals surface area (Å²) in [6.45, 7) is 2.10. The van der Waals surface area contributed by atoms with Gasteiger partial charge in [-0.25, -0.2) is 9.78 Å². The molecule has 2 fully saturated rings. The fourth-order valence-corrected chi connectivity index (χ4v) is 3.62. The highest BCUT2D eigenvalue weighted by atomic mass is 16.5. The number of urea groups is 1. The van der Waals surface area contributed by atoms with E-state index in [1.807, 2.05) is 17.2 Å². The number of hydrogen-bond donors (Lipinski definition) is 3. The van der Waals surface area contributed by atoms with E-state index in [1.165, 1.54) is 12.8 Å². The Morgan fingerprint density at radius 2 is 2.32 bits per heavy atom. The summed E-state index contributed by atoms with van der Waals surface area (Å²) in [5, 5.41) is 14.0. The Labute approximate surface area is 145 Å². The first-order valence-electron chi connectivity index (χ1n) is 8.74. The maximum Gasteiger partial charge on any atom is 0.552 e. The van der Waals surface area contributed by atoms with Crippen molar-refractivity contribution in [2.75, 3.05) is 19.6 Å². The summed E-state index contributed by atoms with van der Waals surface area (Å²) in [5.74, 6) is 3.22. The summed E-state index contributed by atoms with van der Waals surface area (Å²) >= 11 is 0. The summed E-state index contributed by atoms with van der Waals surface area (Å²) in [5.41, 5.74) is 2.80. The molecule has 2 amide bonds. The standard InChI is InChI=1S/C17H19BN4O3/c23-17(21-6-10-1-2-10)22-8-11(9-22)13-5-18(24)25-14-7-20-16-12(15(13)14)3-4-19-16/h3-5,7,10-11,24H,1-2,6,8-9H2,(H,19,20)(H,21,23). The van der Waals surface area contributed by atoms with Crippen molar-refractivity contribution in [3.63, 3.8) is 0 Å². The molecule has 5 rings (SSSR count). The zero-order valence-electron chi connectivity index (χ0n) is 13.7. The molecule has 25 heavy (non-hydrogen) atoms. The third-order valence-electron chi connectivity index (χ3n) is 5.26. The Morgan fingerprint density at radius 3 is 3.12 bits per heavy atom. The Kier molecular flexibility index (Phi) is 3.28. The summed E-state index contributed by atoms with van der Waals surface area (Å²) in [6, 6.07) is 1.98. The van der Waals surface area contributed by atoms with Gasteiger partial charge >= 0.3 is 13.1 Å². The lowest BCUT2D eigenvalue weighted by Crippen LogP contribution is -2.54. The molecule has 0 atom stereocenters. The molecule has 2 aliphatic heterocycles. The van der Waals surface area contributed by atoms with Gasteiger partial charge in [-0.2, -0.15) is 0 Å². The van der Waals surface area contributed by atoms with E-state index in [0.29, 0.717) is 24.8 Å². The van der Waals surface area contributed by atoms with Gasteiger partial charge in [0, 0.05) is 42.7 Å². The van der Waals surface area contributed by atoms with Crippen LogP contribution >= 0.6 is 0 Å². The van der Waals surface area contributed by atoms with Gasteiger partial charge < -0.3 is 24.9 Å². The molecular formula is C17H19BN4O3. The molecule has 3 aliphatic rings. The van der Waals surface area contributed by atoms with Crippen LogP contribution in [0.5, 0.6) is 5.75 Å². The molecule has 0 spiro atoms. The smallest absolute Gasteiger partial charge is 0.531 e. The number of aromatic nitrogens is 2. The Hall–Kier alpha value is -2.48. The number of carbonyl (C=O) groups is 1. The van der Waals surface area contributed by atoms with Crippen molar-refractivity contribution >= 4 is 29.8 Å². The van der Waals surface area contributed by atoms with Gasteiger partial charge in [-0.3, -0.25) is 0 Å². The maximum absolute atomic E-state index is 12.2. The third kappa shape index (κ3) is 2.57. The van der Waals surface area contributed by atoms with Crippen molar-refractivity contribution in [3.05, 3.63) is 30.0 Å². The summed E-state index contributed by atoms with van der Waals surface area (Å²) in [7, 11) is -0.974. The van der Waals surface area contributed by atoms with E-state index in [2.05, 4.69) is 15.3 Å². The molecule has 1 aliphatic carbocycles. The molecule has 2 aromatic heterocycles. The van der Waals surface area contributed by atoms with Gasteiger partial charge in [0.1, 0.15) is 11.4 Å². The highest BCUT2D eigenvalue weighted by molar-refractivity contribution is 6.52. The number of nitrogens with zero attached hydrogens (tertiary/aromatic N) is 2. The number of aromatic amines is 1. The predicted molar refractivity (Wildman–Crippen MR) is 93.9 cm³/mol. The number of likely N-dealkylation sites (tertiary alicyclic amines) is 1. The molecule has 3 N–H and O–H groups in total. The van der Waals surface area contributed by atoms with E-state index in [-0.39, 0.29) is 11.9 Å². The van der Waals surface area contributed by atoms with Gasteiger partial charge in [0.25, 0.3) is 0 Å². The van der Waals surface area contributed by atoms with Gasteiger partial charge in [-0.15, -0.1) is 0 Å². The van der Waals surface area contributed by atoms with Gasteiger partial charge in [0.15, 0.2) is 0 Å². The molecule has 4 heterocycles. The highest BCUT2D eigenvalue weighted by Crippen LogP contribution is 2.41. The van der Waals surface area contributed by atoms with Gasteiger partial charge in [-0.1, -0.05) is 0 Å². The van der Waals surface area contributed by atoms with Crippen molar-refractivity contribution in [3.8, 4) is 5.75 Å². The normalized spacial score (nSPS) is 20.0. The largest absolute Gasteiger partial charge is 0.552 e. The van der Waals surface area contributed by atoms with E-state index >= 15 is 0 Å². The molecular weight excluding hydrogens is 319 g/mol. The second-order valence-corrected chi connectivity index (χ2v) is 7.10. The summed E-state index contributed by atoms with van der Waals surface area (Å²) in [6.07, 6.45) is 5.94. The maximum atomic E-state index is 12.2. The van der Waals surface area contributed by atoms with Crippen LogP contribution in [0.25, 0.3) is 16.6 Å². The van der Waals surface area contributed by atoms with E-state index in [4.69, 9.17) is 4.65 Å². The zero-order chi connectivity index (χ0) is 17.0. The number of carbonyl (C=O) groups excluding carboxylic acids is 1. The average Bonchev–Trinajstić information content (AvgIpc) is 3.26. The fourth-order valence-electron chi connectivity index (χ4n) is 3.62. The number of nitrogens with one attached hydrogen (secondary N) is 2. The topological polar surface area (TPSA) is 90.5 Å². The van der Waals surface area contributed by atoms with E-state index in [0.717, 1.165) is 28.7 Å². The van der Waals surface area contributed by atoms with Crippen LogP contribution < -0.4 is 9.97 Å². The van der Waals surface area contributed by atoms with E-state index < -0.39 is 7.12 Å². The monoisotopic (exact) mass is 338 g/mol. The van der Waals surface area contributed by atoms with E-state index in [9.17, 15) is 9.82 Å². The molecule has 0 bridgehead atoms. The van der Waals surface area contributed by atoms with Crippen LogP contribution in [0.2, 0.25) is 0 Å². The van der Waals surface area contributed by atoms with Gasteiger partial charge in [-0.05, 0) is 36.4 Å². The summed E-state index contributed by atoms with van der Waals surface area (Å²) < 4.78 is 5.51. The van der Waals surface area contributed by atoms with Crippen LogP contribution in [0.4, 0.5) is 4.79 Å². The lowest BCUT2D eigenvalue weighted by atomic mass is 9.75. The second-order valence-electron chi connectivity index (χ2n) is 7.10. The van der Waals surface area contributed by atoms with Crippen LogP contribution in [0.1, 0.15) is 18.4 Å². The number of amides is 2. The fraction of sp³-hybridized carbons (Fsp3) is 0.412. The lowest BCUT2D eigenvalue weighted by molar-refractivity contribution is 0.144. The Bertz CT molecular complexity index is 870.